The van der Waals surface area contributed by atoms with Crippen molar-refractivity contribution in [3.63, 3.8) is 0 Å². The fourth-order valence-electron chi connectivity index (χ4n) is 2.01. The first-order chi connectivity index (χ1) is 11.6. The highest BCUT2D eigenvalue weighted by atomic mass is 19.1. The van der Waals surface area contributed by atoms with Gasteiger partial charge in [0.1, 0.15) is 11.9 Å². The molecule has 0 aliphatic rings. The zero-order valence-corrected chi connectivity index (χ0v) is 12.8. The lowest BCUT2D eigenvalue weighted by molar-refractivity contribution is 0.233. The van der Waals surface area contributed by atoms with Crippen molar-refractivity contribution >= 4 is 6.03 Å². The minimum atomic E-state index is -0.476. The maximum Gasteiger partial charge on any atom is 0.315 e. The molecule has 2 N–H and O–H groups in total. The molecule has 0 bridgehead atoms. The van der Waals surface area contributed by atoms with Gasteiger partial charge in [0.25, 0.3) is 0 Å². The molecule has 0 aliphatic carbocycles. The third-order valence-corrected chi connectivity index (χ3v) is 3.30. The number of amides is 2. The summed E-state index contributed by atoms with van der Waals surface area (Å²) in [4.78, 5) is 16.1. The smallest absolute Gasteiger partial charge is 0.315 e. The number of urea groups is 1. The van der Waals surface area contributed by atoms with E-state index in [1.807, 2.05) is 0 Å². The largest absolute Gasteiger partial charge is 0.472 e. The van der Waals surface area contributed by atoms with Crippen molar-refractivity contribution < 1.29 is 18.1 Å². The van der Waals surface area contributed by atoms with E-state index >= 15 is 0 Å². The number of nitrogens with zero attached hydrogens (tertiary/aromatic N) is 2. The average molecular weight is 330 g/mol. The van der Waals surface area contributed by atoms with Gasteiger partial charge in [-0.25, -0.2) is 9.18 Å². The second kappa shape index (κ2) is 6.95. The van der Waals surface area contributed by atoms with Crippen LogP contribution in [0.25, 0.3) is 11.4 Å². The molecule has 7 nitrogen and oxygen atoms in total. The van der Waals surface area contributed by atoms with Crippen LogP contribution in [-0.2, 0) is 6.54 Å². The van der Waals surface area contributed by atoms with Crippen LogP contribution in [-0.4, -0.2) is 16.2 Å². The number of carbonyl (C=O) groups excluding carboxylic acids is 1. The van der Waals surface area contributed by atoms with E-state index in [0.29, 0.717) is 17.9 Å². The van der Waals surface area contributed by atoms with Crippen molar-refractivity contribution in [3.05, 3.63) is 60.1 Å². The molecule has 24 heavy (non-hydrogen) atoms. The number of benzene rings is 1. The third-order valence-electron chi connectivity index (χ3n) is 3.30. The fourth-order valence-corrected chi connectivity index (χ4v) is 2.01. The maximum absolute atomic E-state index is 12.9. The second-order valence-electron chi connectivity index (χ2n) is 5.14. The van der Waals surface area contributed by atoms with Gasteiger partial charge in [-0.2, -0.15) is 4.98 Å². The number of hydrogen-bond acceptors (Lipinski definition) is 5. The molecule has 2 amide bonds. The molecule has 3 aromatic rings. The Kier molecular flexibility index (Phi) is 4.55. The lowest BCUT2D eigenvalue weighted by Crippen LogP contribution is -2.36. The molecule has 1 atom stereocenters. The first-order valence-electron chi connectivity index (χ1n) is 7.27. The number of nitrogens with one attached hydrogen (secondary N) is 2. The summed E-state index contributed by atoms with van der Waals surface area (Å²) in [6, 6.07) is 6.66. The van der Waals surface area contributed by atoms with E-state index in [9.17, 15) is 9.18 Å². The number of halogens is 1. The summed E-state index contributed by atoms with van der Waals surface area (Å²) in [6.45, 7) is 2.07. The van der Waals surface area contributed by atoms with E-state index in [4.69, 9.17) is 8.94 Å². The monoisotopic (exact) mass is 330 g/mol. The average Bonchev–Trinajstić information content (AvgIpc) is 3.25. The minimum Gasteiger partial charge on any atom is -0.472 e. The van der Waals surface area contributed by atoms with Crippen molar-refractivity contribution in [1.82, 2.24) is 20.8 Å². The van der Waals surface area contributed by atoms with Crippen molar-refractivity contribution in [2.24, 2.45) is 0 Å². The fraction of sp³-hybridized carbons (Fsp3) is 0.188. The van der Waals surface area contributed by atoms with Gasteiger partial charge >= 0.3 is 6.03 Å². The van der Waals surface area contributed by atoms with Crippen LogP contribution in [0.15, 0.2) is 51.8 Å². The molecule has 0 radical (unpaired) electrons. The van der Waals surface area contributed by atoms with E-state index in [1.54, 1.807) is 31.4 Å². The molecule has 1 unspecified atom stereocenters. The Balaban J connectivity index is 1.58. The summed E-state index contributed by atoms with van der Waals surface area (Å²) >= 11 is 0. The van der Waals surface area contributed by atoms with Crippen LogP contribution < -0.4 is 10.6 Å². The molecule has 0 saturated carbocycles. The predicted molar refractivity (Wildman–Crippen MR) is 82.2 cm³/mol. The molecule has 124 valence electrons. The van der Waals surface area contributed by atoms with E-state index in [0.717, 1.165) is 5.56 Å². The SMILES string of the molecule is CC(NC(=O)NCc1ccoc1)c1nc(-c2ccc(F)cc2)no1. The van der Waals surface area contributed by atoms with Crippen LogP contribution >= 0.6 is 0 Å². The van der Waals surface area contributed by atoms with E-state index in [-0.39, 0.29) is 17.7 Å². The van der Waals surface area contributed by atoms with Gasteiger partial charge in [-0.1, -0.05) is 5.16 Å². The first kappa shape index (κ1) is 15.7. The number of furan rings is 1. The Labute approximate surface area is 136 Å². The molecule has 0 aliphatic heterocycles. The zero-order chi connectivity index (χ0) is 16.9. The highest BCUT2D eigenvalue weighted by Gasteiger charge is 2.17. The highest BCUT2D eigenvalue weighted by molar-refractivity contribution is 5.74. The number of carbonyl (C=O) groups is 1. The molecule has 0 saturated heterocycles. The quantitative estimate of drug-likeness (QED) is 0.750. The maximum atomic E-state index is 12.9. The first-order valence-corrected chi connectivity index (χ1v) is 7.27. The Bertz CT molecular complexity index is 799. The van der Waals surface area contributed by atoms with Gasteiger partial charge in [0.15, 0.2) is 0 Å². The zero-order valence-electron chi connectivity index (χ0n) is 12.8. The highest BCUT2D eigenvalue weighted by Crippen LogP contribution is 2.18. The van der Waals surface area contributed by atoms with Crippen LogP contribution in [0.1, 0.15) is 24.4 Å². The van der Waals surface area contributed by atoms with Gasteiger partial charge < -0.3 is 19.6 Å². The van der Waals surface area contributed by atoms with Gasteiger partial charge in [-0.05, 0) is 37.3 Å². The summed E-state index contributed by atoms with van der Waals surface area (Å²) in [7, 11) is 0. The normalized spacial score (nSPS) is 11.9. The Morgan fingerprint density at radius 3 is 2.79 bits per heavy atom. The van der Waals surface area contributed by atoms with Crippen LogP contribution in [0.4, 0.5) is 9.18 Å². The van der Waals surface area contributed by atoms with E-state index in [1.165, 1.54) is 18.4 Å². The minimum absolute atomic E-state index is 0.257. The summed E-state index contributed by atoms with van der Waals surface area (Å²) in [5.74, 6) is 0.247. The van der Waals surface area contributed by atoms with Crippen molar-refractivity contribution in [3.8, 4) is 11.4 Å². The van der Waals surface area contributed by atoms with Gasteiger partial charge in [0.05, 0.1) is 12.5 Å². The number of hydrogen-bond donors (Lipinski definition) is 2. The van der Waals surface area contributed by atoms with E-state index < -0.39 is 6.04 Å². The van der Waals surface area contributed by atoms with Crippen LogP contribution in [0, 0.1) is 5.82 Å². The molecule has 0 fully saturated rings. The second-order valence-corrected chi connectivity index (χ2v) is 5.14. The summed E-state index contributed by atoms with van der Waals surface area (Å²) in [5.41, 5.74) is 1.48. The third kappa shape index (κ3) is 3.78. The topological polar surface area (TPSA) is 93.2 Å². The molecule has 2 aromatic heterocycles. The lowest BCUT2D eigenvalue weighted by atomic mass is 10.2. The molecular weight excluding hydrogens is 315 g/mol. The van der Waals surface area contributed by atoms with Gasteiger partial charge in [0.2, 0.25) is 11.7 Å². The number of rotatable bonds is 5. The lowest BCUT2D eigenvalue weighted by Gasteiger charge is -2.10. The predicted octanol–water partition coefficient (Wildman–Crippen LogP) is 3.03. The molecule has 1 aromatic carbocycles. The van der Waals surface area contributed by atoms with E-state index in [2.05, 4.69) is 20.8 Å². The number of aromatic nitrogens is 2. The standard InChI is InChI=1S/C16H15FN4O3/c1-10(19-16(22)18-8-11-6-7-23-9-11)15-20-14(21-24-15)12-2-4-13(17)5-3-12/h2-7,9-10H,8H2,1H3,(H2,18,19,22). The Hall–Kier alpha value is -3.16. The van der Waals surface area contributed by atoms with Crippen LogP contribution in [0.2, 0.25) is 0 Å². The molecule has 0 spiro atoms. The summed E-state index contributed by atoms with van der Waals surface area (Å²) in [5, 5.41) is 9.22. The van der Waals surface area contributed by atoms with Crippen molar-refractivity contribution in [2.75, 3.05) is 0 Å². The van der Waals surface area contributed by atoms with Crippen LogP contribution in [0.5, 0.6) is 0 Å². The molecule has 8 heteroatoms. The van der Waals surface area contributed by atoms with Crippen molar-refractivity contribution in [2.45, 2.75) is 19.5 Å². The molecule has 3 rings (SSSR count). The Morgan fingerprint density at radius 1 is 1.29 bits per heavy atom. The van der Waals surface area contributed by atoms with Crippen molar-refractivity contribution in [1.29, 1.82) is 0 Å². The van der Waals surface area contributed by atoms with Gasteiger partial charge in [-0.15, -0.1) is 0 Å². The van der Waals surface area contributed by atoms with Gasteiger partial charge in [-0.3, -0.25) is 0 Å². The summed E-state index contributed by atoms with van der Waals surface area (Å²) < 4.78 is 23.0. The van der Waals surface area contributed by atoms with Crippen LogP contribution in [0.3, 0.4) is 0 Å². The molecular formula is C16H15FN4O3. The van der Waals surface area contributed by atoms with Gasteiger partial charge in [0, 0.05) is 17.7 Å². The Morgan fingerprint density at radius 2 is 2.08 bits per heavy atom. The molecule has 2 heterocycles. The summed E-state index contributed by atoms with van der Waals surface area (Å²) in [6.07, 6.45) is 3.09.